The van der Waals surface area contributed by atoms with Crippen molar-refractivity contribution in [3.8, 4) is 6.07 Å². The molecule has 0 aliphatic heterocycles. The van der Waals surface area contributed by atoms with Crippen molar-refractivity contribution in [1.29, 1.82) is 5.26 Å². The van der Waals surface area contributed by atoms with Crippen molar-refractivity contribution in [3.63, 3.8) is 0 Å². The third-order valence-electron chi connectivity index (χ3n) is 1.99. The molecule has 0 aliphatic carbocycles. The molecule has 2 nitrogen and oxygen atoms in total. The molecule has 0 unspecified atom stereocenters. The molecule has 0 fully saturated rings. The van der Waals surface area contributed by atoms with Gasteiger partial charge in [0.1, 0.15) is 6.07 Å². The fraction of sp³-hybridized carbons (Fsp3) is 0.364. The highest BCUT2D eigenvalue weighted by molar-refractivity contribution is 7.99. The molecule has 6 heteroatoms. The molecule has 0 amide bonds. The second-order valence-electron chi connectivity index (χ2n) is 3.25. The number of nitriles is 1. The molecule has 0 saturated carbocycles. The Kier molecular flexibility index (Phi) is 4.85. The van der Waals surface area contributed by atoms with E-state index >= 15 is 0 Å². The van der Waals surface area contributed by atoms with Gasteiger partial charge in [-0.15, -0.1) is 11.8 Å². The lowest BCUT2D eigenvalue weighted by molar-refractivity contribution is -0.137. The van der Waals surface area contributed by atoms with Gasteiger partial charge < -0.3 is 5.11 Å². The van der Waals surface area contributed by atoms with E-state index in [1.807, 2.05) is 0 Å². The molecule has 0 aliphatic rings. The van der Waals surface area contributed by atoms with Crippen molar-refractivity contribution in [2.45, 2.75) is 17.5 Å². The molecule has 0 bridgehead atoms. The smallest absolute Gasteiger partial charge is 0.396 e. The predicted octanol–water partition coefficient (Wildman–Crippen LogP) is 3.05. The number of aliphatic hydroxyl groups is 1. The summed E-state index contributed by atoms with van der Waals surface area (Å²) in [5.41, 5.74) is -0.802. The van der Waals surface area contributed by atoms with Gasteiger partial charge >= 0.3 is 6.18 Å². The van der Waals surface area contributed by atoms with Crippen LogP contribution < -0.4 is 0 Å². The van der Waals surface area contributed by atoms with E-state index in [4.69, 9.17) is 10.4 Å². The first-order valence-electron chi connectivity index (χ1n) is 4.84. The average molecular weight is 261 g/mol. The van der Waals surface area contributed by atoms with Gasteiger partial charge in [0.15, 0.2) is 0 Å². The van der Waals surface area contributed by atoms with E-state index in [9.17, 15) is 13.2 Å². The summed E-state index contributed by atoms with van der Waals surface area (Å²) in [6, 6.07) is 4.86. The molecule has 92 valence electrons. The molecule has 17 heavy (non-hydrogen) atoms. The van der Waals surface area contributed by atoms with Crippen molar-refractivity contribution in [2.75, 3.05) is 12.4 Å². The van der Waals surface area contributed by atoms with Crippen LogP contribution in [0.25, 0.3) is 0 Å². The molecular formula is C11H10F3NOS. The number of hydrogen-bond acceptors (Lipinski definition) is 3. The third kappa shape index (κ3) is 3.95. The molecule has 1 aromatic carbocycles. The lowest BCUT2D eigenvalue weighted by Crippen LogP contribution is -2.05. The Morgan fingerprint density at radius 3 is 2.59 bits per heavy atom. The summed E-state index contributed by atoms with van der Waals surface area (Å²) < 4.78 is 37.2. The lowest BCUT2D eigenvalue weighted by Gasteiger charge is -2.09. The molecule has 1 N–H and O–H groups in total. The maximum absolute atomic E-state index is 12.4. The van der Waals surface area contributed by atoms with Crippen LogP contribution in [0.1, 0.15) is 17.5 Å². The Labute approximate surface area is 101 Å². The third-order valence-corrected chi connectivity index (χ3v) is 3.15. The normalized spacial score (nSPS) is 11.2. The number of nitrogens with zero attached hydrogens (tertiary/aromatic N) is 1. The molecule has 0 heterocycles. The van der Waals surface area contributed by atoms with E-state index in [1.54, 1.807) is 6.07 Å². The Balaban J connectivity index is 2.91. The predicted molar refractivity (Wildman–Crippen MR) is 58.6 cm³/mol. The maximum atomic E-state index is 12.4. The molecule has 0 saturated heterocycles. The van der Waals surface area contributed by atoms with E-state index in [2.05, 4.69) is 0 Å². The molecule has 1 aromatic rings. The first-order chi connectivity index (χ1) is 7.99. The number of halogens is 3. The maximum Gasteiger partial charge on any atom is 0.416 e. The standard InChI is InChI=1S/C11H10F3NOS/c12-11(13,14)9-2-3-10(8(6-9)7-15)17-5-1-4-16/h2-3,6,16H,1,4-5H2. The zero-order valence-corrected chi connectivity index (χ0v) is 9.61. The van der Waals surface area contributed by atoms with Gasteiger partial charge in [0.05, 0.1) is 11.1 Å². The summed E-state index contributed by atoms with van der Waals surface area (Å²) in [6.45, 7) is 0.0233. The van der Waals surface area contributed by atoms with Gasteiger partial charge in [-0.05, 0) is 24.6 Å². The van der Waals surface area contributed by atoms with Crippen molar-refractivity contribution < 1.29 is 18.3 Å². The first kappa shape index (κ1) is 13.9. The van der Waals surface area contributed by atoms with Gasteiger partial charge in [0, 0.05) is 17.3 Å². The van der Waals surface area contributed by atoms with Gasteiger partial charge in [0.2, 0.25) is 0 Å². The molecule has 0 radical (unpaired) electrons. The van der Waals surface area contributed by atoms with Crippen LogP contribution in [0.3, 0.4) is 0 Å². The van der Waals surface area contributed by atoms with E-state index in [0.717, 1.165) is 12.1 Å². The highest BCUT2D eigenvalue weighted by Gasteiger charge is 2.30. The first-order valence-corrected chi connectivity index (χ1v) is 5.82. The minimum absolute atomic E-state index is 0.0164. The van der Waals surface area contributed by atoms with Crippen molar-refractivity contribution in [3.05, 3.63) is 29.3 Å². The summed E-state index contributed by atoms with van der Waals surface area (Å²) in [4.78, 5) is 0.508. The Bertz CT molecular complexity index is 426. The van der Waals surface area contributed by atoms with Crippen LogP contribution in [0.4, 0.5) is 13.2 Å². The van der Waals surface area contributed by atoms with Crippen LogP contribution in [0.15, 0.2) is 23.1 Å². The summed E-state index contributed by atoms with van der Waals surface area (Å²) in [5.74, 6) is 0.566. The fourth-order valence-corrected chi connectivity index (χ4v) is 2.08. The largest absolute Gasteiger partial charge is 0.416 e. The van der Waals surface area contributed by atoms with Gasteiger partial charge in [0.25, 0.3) is 0 Å². The summed E-state index contributed by atoms with van der Waals surface area (Å²) in [5, 5.41) is 17.4. The van der Waals surface area contributed by atoms with Crippen LogP contribution in [-0.4, -0.2) is 17.5 Å². The van der Waals surface area contributed by atoms with Crippen LogP contribution in [-0.2, 0) is 6.18 Å². The number of rotatable bonds is 4. The zero-order chi connectivity index (χ0) is 12.9. The number of hydrogen-bond donors (Lipinski definition) is 1. The molecule has 1 rings (SSSR count). The number of aliphatic hydroxyl groups excluding tert-OH is 1. The van der Waals surface area contributed by atoms with Crippen LogP contribution in [0, 0.1) is 11.3 Å². The SMILES string of the molecule is N#Cc1cc(C(F)(F)F)ccc1SCCCO. The zero-order valence-electron chi connectivity index (χ0n) is 8.79. The highest BCUT2D eigenvalue weighted by atomic mass is 32.2. The number of thioether (sulfide) groups is 1. The number of alkyl halides is 3. The second kappa shape index (κ2) is 5.94. The Morgan fingerprint density at radius 2 is 2.06 bits per heavy atom. The minimum Gasteiger partial charge on any atom is -0.396 e. The quantitative estimate of drug-likeness (QED) is 0.669. The minimum atomic E-state index is -4.43. The molecular weight excluding hydrogens is 251 g/mol. The Hall–Kier alpha value is -1.19. The fourth-order valence-electron chi connectivity index (χ4n) is 1.17. The van der Waals surface area contributed by atoms with Gasteiger partial charge in [-0.25, -0.2) is 0 Å². The van der Waals surface area contributed by atoms with Crippen molar-refractivity contribution in [1.82, 2.24) is 0 Å². The highest BCUT2D eigenvalue weighted by Crippen LogP contribution is 2.32. The number of benzene rings is 1. The summed E-state index contributed by atoms with van der Waals surface area (Å²) in [7, 11) is 0. The van der Waals surface area contributed by atoms with Crippen LogP contribution in [0.2, 0.25) is 0 Å². The van der Waals surface area contributed by atoms with Crippen molar-refractivity contribution in [2.24, 2.45) is 0 Å². The van der Waals surface area contributed by atoms with E-state index in [0.29, 0.717) is 17.1 Å². The van der Waals surface area contributed by atoms with Gasteiger partial charge in [-0.2, -0.15) is 18.4 Å². The average Bonchev–Trinajstić information content (AvgIpc) is 2.28. The van der Waals surface area contributed by atoms with Gasteiger partial charge in [-0.1, -0.05) is 0 Å². The Morgan fingerprint density at radius 1 is 1.35 bits per heavy atom. The van der Waals surface area contributed by atoms with E-state index in [-0.39, 0.29) is 12.2 Å². The molecule has 0 spiro atoms. The summed E-state index contributed by atoms with van der Waals surface area (Å²) >= 11 is 1.27. The molecule has 0 aromatic heterocycles. The monoisotopic (exact) mass is 261 g/mol. The topological polar surface area (TPSA) is 44.0 Å². The lowest BCUT2D eigenvalue weighted by atomic mass is 10.1. The van der Waals surface area contributed by atoms with Crippen LogP contribution in [0.5, 0.6) is 0 Å². The van der Waals surface area contributed by atoms with E-state index < -0.39 is 11.7 Å². The van der Waals surface area contributed by atoms with Gasteiger partial charge in [-0.3, -0.25) is 0 Å². The second-order valence-corrected chi connectivity index (χ2v) is 4.38. The van der Waals surface area contributed by atoms with Crippen LogP contribution >= 0.6 is 11.8 Å². The molecule has 0 atom stereocenters. The van der Waals surface area contributed by atoms with E-state index in [1.165, 1.54) is 17.8 Å². The van der Waals surface area contributed by atoms with Crippen molar-refractivity contribution >= 4 is 11.8 Å². The summed E-state index contributed by atoms with van der Waals surface area (Å²) in [6.07, 6.45) is -3.89.